The molecule has 1 saturated carbocycles. The topological polar surface area (TPSA) is 87.4 Å². The SMILES string of the molecule is CN(C)c1nc(N[C@H]2CC[C@@H](N(C(N)=O)c3c(Br)cc(Br)cc3Br)CC2)nc2c1CCCC2. The van der Waals surface area contributed by atoms with Crippen molar-refractivity contribution < 1.29 is 4.79 Å². The van der Waals surface area contributed by atoms with Gasteiger partial charge in [0, 0.05) is 45.2 Å². The van der Waals surface area contributed by atoms with E-state index in [1.54, 1.807) is 4.90 Å². The third-order valence-electron chi connectivity index (χ3n) is 6.44. The van der Waals surface area contributed by atoms with Gasteiger partial charge in [0.1, 0.15) is 5.82 Å². The second-order valence-corrected chi connectivity index (χ2v) is 11.6. The van der Waals surface area contributed by atoms with Crippen LogP contribution in [0.15, 0.2) is 25.6 Å². The minimum absolute atomic E-state index is 0.0381. The van der Waals surface area contributed by atoms with E-state index in [1.807, 2.05) is 26.2 Å². The number of primary amides is 1. The first-order valence-electron chi connectivity index (χ1n) is 11.3. The molecule has 0 spiro atoms. The Morgan fingerprint density at radius 3 is 2.27 bits per heavy atom. The minimum atomic E-state index is -0.441. The van der Waals surface area contributed by atoms with Gasteiger partial charge in [0.05, 0.1) is 11.4 Å². The first-order chi connectivity index (χ1) is 15.7. The van der Waals surface area contributed by atoms with Crippen molar-refractivity contribution in [1.82, 2.24) is 9.97 Å². The summed E-state index contributed by atoms with van der Waals surface area (Å²) < 4.78 is 2.56. The summed E-state index contributed by atoms with van der Waals surface area (Å²) in [6, 6.07) is 3.72. The van der Waals surface area contributed by atoms with Crippen molar-refractivity contribution in [3.8, 4) is 0 Å². The molecule has 2 aliphatic carbocycles. The molecular formula is C23H29Br3N6O. The lowest BCUT2D eigenvalue weighted by Gasteiger charge is -2.37. The van der Waals surface area contributed by atoms with Crippen LogP contribution in [0.25, 0.3) is 0 Å². The lowest BCUT2D eigenvalue weighted by Crippen LogP contribution is -2.47. The van der Waals surface area contributed by atoms with E-state index in [1.165, 1.54) is 24.1 Å². The Bertz CT molecular complexity index is 1020. The summed E-state index contributed by atoms with van der Waals surface area (Å²) in [5.41, 5.74) is 9.09. The van der Waals surface area contributed by atoms with E-state index < -0.39 is 6.03 Å². The second kappa shape index (κ2) is 10.5. The van der Waals surface area contributed by atoms with Gasteiger partial charge in [0.25, 0.3) is 0 Å². The van der Waals surface area contributed by atoms with Crippen molar-refractivity contribution in [3.63, 3.8) is 0 Å². The zero-order chi connectivity index (χ0) is 23.7. The van der Waals surface area contributed by atoms with E-state index in [2.05, 4.69) is 58.0 Å². The van der Waals surface area contributed by atoms with Crippen LogP contribution < -0.4 is 20.9 Å². The number of carbonyl (C=O) groups excluding carboxylic acids is 1. The van der Waals surface area contributed by atoms with E-state index in [4.69, 9.17) is 15.7 Å². The number of amides is 2. The lowest BCUT2D eigenvalue weighted by molar-refractivity contribution is 0.248. The van der Waals surface area contributed by atoms with E-state index in [0.717, 1.165) is 63.4 Å². The molecule has 2 amide bonds. The van der Waals surface area contributed by atoms with Crippen LogP contribution in [0.4, 0.5) is 22.2 Å². The molecule has 0 bridgehead atoms. The number of carbonyl (C=O) groups is 1. The standard InChI is InChI=1S/C23H29Br3N6O/c1-31(2)21-16-5-3-4-6-19(16)29-23(30-21)28-14-7-9-15(10-8-14)32(22(27)33)20-17(25)11-13(24)12-18(20)26/h11-12,14-15H,3-10H2,1-2H3,(H2,27,33)(H,28,29,30)/t14-,15+. The monoisotopic (exact) mass is 642 g/mol. The van der Waals surface area contributed by atoms with Gasteiger partial charge in [-0.1, -0.05) is 15.9 Å². The Morgan fingerprint density at radius 1 is 1.03 bits per heavy atom. The number of aryl methyl sites for hydroxylation is 1. The Hall–Kier alpha value is -1.39. The molecule has 1 heterocycles. The van der Waals surface area contributed by atoms with Crippen LogP contribution in [0.3, 0.4) is 0 Å². The van der Waals surface area contributed by atoms with Gasteiger partial charge in [0.15, 0.2) is 0 Å². The van der Waals surface area contributed by atoms with Gasteiger partial charge in [-0.2, -0.15) is 4.98 Å². The van der Waals surface area contributed by atoms with Gasteiger partial charge in [-0.05, 0) is 95.4 Å². The number of rotatable bonds is 5. The lowest BCUT2D eigenvalue weighted by atomic mass is 9.90. The molecular weight excluding hydrogens is 616 g/mol. The van der Waals surface area contributed by atoms with E-state index in [9.17, 15) is 4.79 Å². The summed E-state index contributed by atoms with van der Waals surface area (Å²) >= 11 is 10.7. The summed E-state index contributed by atoms with van der Waals surface area (Å²) in [5.74, 6) is 1.74. The smallest absolute Gasteiger partial charge is 0.319 e. The van der Waals surface area contributed by atoms with Crippen molar-refractivity contribution in [2.45, 2.75) is 63.5 Å². The Morgan fingerprint density at radius 2 is 1.67 bits per heavy atom. The highest BCUT2D eigenvalue weighted by atomic mass is 79.9. The molecule has 0 saturated heterocycles. The molecule has 0 unspecified atom stereocenters. The first-order valence-corrected chi connectivity index (χ1v) is 13.7. The van der Waals surface area contributed by atoms with Crippen LogP contribution in [-0.4, -0.2) is 42.2 Å². The predicted molar refractivity (Wildman–Crippen MR) is 144 cm³/mol. The number of nitrogens with one attached hydrogen (secondary N) is 1. The average Bonchev–Trinajstić information content (AvgIpc) is 2.76. The van der Waals surface area contributed by atoms with Crippen LogP contribution in [0.2, 0.25) is 0 Å². The molecule has 0 aliphatic heterocycles. The summed E-state index contributed by atoms with van der Waals surface area (Å²) in [6.45, 7) is 0. The minimum Gasteiger partial charge on any atom is -0.362 e. The number of fused-ring (bicyclic) bond motifs is 1. The Labute approximate surface area is 220 Å². The maximum Gasteiger partial charge on any atom is 0.319 e. The maximum atomic E-state index is 12.5. The molecule has 0 radical (unpaired) electrons. The van der Waals surface area contributed by atoms with E-state index >= 15 is 0 Å². The van der Waals surface area contributed by atoms with Gasteiger partial charge >= 0.3 is 6.03 Å². The van der Waals surface area contributed by atoms with Crippen molar-refractivity contribution in [2.75, 3.05) is 29.2 Å². The molecule has 10 heteroatoms. The van der Waals surface area contributed by atoms with Crippen LogP contribution in [0.1, 0.15) is 49.8 Å². The molecule has 3 N–H and O–H groups in total. The fourth-order valence-corrected chi connectivity index (χ4v) is 7.55. The molecule has 4 rings (SSSR count). The highest BCUT2D eigenvalue weighted by molar-refractivity contribution is 9.11. The van der Waals surface area contributed by atoms with Crippen LogP contribution >= 0.6 is 47.8 Å². The Balaban J connectivity index is 1.48. The molecule has 33 heavy (non-hydrogen) atoms. The number of hydrogen-bond acceptors (Lipinski definition) is 5. The normalized spacial score (nSPS) is 20.2. The Kier molecular flexibility index (Phi) is 7.85. The number of halogens is 3. The number of aromatic nitrogens is 2. The number of urea groups is 1. The molecule has 1 aromatic carbocycles. The molecule has 178 valence electrons. The van der Waals surface area contributed by atoms with E-state index in [0.29, 0.717) is 5.95 Å². The summed E-state index contributed by atoms with van der Waals surface area (Å²) in [7, 11) is 4.09. The van der Waals surface area contributed by atoms with Crippen molar-refractivity contribution in [1.29, 1.82) is 0 Å². The molecule has 1 aromatic heterocycles. The van der Waals surface area contributed by atoms with Crippen LogP contribution in [0, 0.1) is 0 Å². The van der Waals surface area contributed by atoms with E-state index in [-0.39, 0.29) is 12.1 Å². The molecule has 2 aromatic rings. The fourth-order valence-electron chi connectivity index (χ4n) is 4.91. The largest absolute Gasteiger partial charge is 0.362 e. The molecule has 7 nitrogen and oxygen atoms in total. The van der Waals surface area contributed by atoms with Crippen LogP contribution in [0.5, 0.6) is 0 Å². The van der Waals surface area contributed by atoms with Gasteiger partial charge in [-0.25, -0.2) is 9.78 Å². The first kappa shape index (κ1) is 24.7. The molecule has 1 fully saturated rings. The van der Waals surface area contributed by atoms with Crippen molar-refractivity contribution in [3.05, 3.63) is 36.8 Å². The molecule has 2 aliphatic rings. The summed E-state index contributed by atoms with van der Waals surface area (Å²) in [4.78, 5) is 26.0. The van der Waals surface area contributed by atoms with Crippen molar-refractivity contribution >= 4 is 71.3 Å². The fraction of sp³-hybridized carbons (Fsp3) is 0.522. The highest BCUT2D eigenvalue weighted by Gasteiger charge is 2.32. The highest BCUT2D eigenvalue weighted by Crippen LogP contribution is 2.40. The third-order valence-corrected chi connectivity index (χ3v) is 8.11. The number of benzene rings is 1. The average molecular weight is 645 g/mol. The van der Waals surface area contributed by atoms with Gasteiger partial charge in [0.2, 0.25) is 5.95 Å². The van der Waals surface area contributed by atoms with Gasteiger partial charge in [-0.15, -0.1) is 0 Å². The zero-order valence-corrected chi connectivity index (χ0v) is 23.6. The third kappa shape index (κ3) is 5.48. The quantitative estimate of drug-likeness (QED) is 0.416. The number of hydrogen-bond donors (Lipinski definition) is 2. The maximum absolute atomic E-state index is 12.5. The zero-order valence-electron chi connectivity index (χ0n) is 18.9. The van der Waals surface area contributed by atoms with Crippen LogP contribution in [-0.2, 0) is 12.8 Å². The number of nitrogens with two attached hydrogens (primary N) is 1. The van der Waals surface area contributed by atoms with Gasteiger partial charge in [-0.3, -0.25) is 4.90 Å². The summed E-state index contributed by atoms with van der Waals surface area (Å²) in [6.07, 6.45) is 7.99. The molecule has 0 atom stereocenters. The number of nitrogens with zero attached hydrogens (tertiary/aromatic N) is 4. The number of anilines is 3. The predicted octanol–water partition coefficient (Wildman–Crippen LogP) is 6.02. The second-order valence-electron chi connectivity index (χ2n) is 8.97. The van der Waals surface area contributed by atoms with Gasteiger partial charge < -0.3 is 16.0 Å². The van der Waals surface area contributed by atoms with Crippen molar-refractivity contribution in [2.24, 2.45) is 5.73 Å². The summed E-state index contributed by atoms with van der Waals surface area (Å²) in [5, 5.41) is 3.58.